The summed E-state index contributed by atoms with van der Waals surface area (Å²) in [4.78, 5) is 2.05. The number of rotatable bonds is 5. The van der Waals surface area contributed by atoms with Gasteiger partial charge in [-0.1, -0.05) is 36.4 Å². The normalized spacial score (nSPS) is 11.7. The fourth-order valence-electron chi connectivity index (χ4n) is 1.98. The van der Waals surface area contributed by atoms with Crippen LogP contribution in [0.2, 0.25) is 0 Å². The lowest BCUT2D eigenvalue weighted by atomic mass is 10.2. The summed E-state index contributed by atoms with van der Waals surface area (Å²) >= 11 is 0. The molecule has 0 atom stereocenters. The van der Waals surface area contributed by atoms with Crippen molar-refractivity contribution in [2.75, 3.05) is 18.5 Å². The van der Waals surface area contributed by atoms with Gasteiger partial charge in [0.2, 0.25) is 0 Å². The molecule has 0 bridgehead atoms. The van der Waals surface area contributed by atoms with Crippen LogP contribution in [0.25, 0.3) is 6.08 Å². The minimum atomic E-state index is -4.66. The SMILES string of the molecule is [CH2]c1ccc(N(C)C/C=C/c2ccc(OC(F)(F)F)cc2)cc1. The second-order valence-electron chi connectivity index (χ2n) is 5.07. The molecule has 0 fully saturated rings. The maximum atomic E-state index is 12.1. The first-order valence-corrected chi connectivity index (χ1v) is 6.99. The predicted octanol–water partition coefficient (Wildman–Crippen LogP) is 4.92. The van der Waals surface area contributed by atoms with Crippen molar-refractivity contribution >= 4 is 11.8 Å². The predicted molar refractivity (Wildman–Crippen MR) is 86.3 cm³/mol. The molecule has 0 unspecified atom stereocenters. The van der Waals surface area contributed by atoms with Crippen LogP contribution in [-0.2, 0) is 0 Å². The van der Waals surface area contributed by atoms with E-state index < -0.39 is 6.36 Å². The average molecular weight is 320 g/mol. The highest BCUT2D eigenvalue weighted by Gasteiger charge is 2.30. The second-order valence-corrected chi connectivity index (χ2v) is 5.07. The first kappa shape index (κ1) is 16.9. The number of halogens is 3. The van der Waals surface area contributed by atoms with Gasteiger partial charge in [0.25, 0.3) is 0 Å². The van der Waals surface area contributed by atoms with Gasteiger partial charge in [-0.05, 0) is 42.3 Å². The molecule has 0 spiro atoms. The molecule has 1 radical (unpaired) electrons. The van der Waals surface area contributed by atoms with Gasteiger partial charge in [0, 0.05) is 19.3 Å². The highest BCUT2D eigenvalue weighted by atomic mass is 19.4. The molecular weight excluding hydrogens is 303 g/mol. The summed E-state index contributed by atoms with van der Waals surface area (Å²) in [7, 11) is 1.96. The van der Waals surface area contributed by atoms with Crippen LogP contribution >= 0.6 is 0 Å². The summed E-state index contributed by atoms with van der Waals surface area (Å²) in [5, 5.41) is 0. The quantitative estimate of drug-likeness (QED) is 0.775. The van der Waals surface area contributed by atoms with Gasteiger partial charge in [0.1, 0.15) is 5.75 Å². The number of likely N-dealkylation sites (N-methyl/N-ethyl adjacent to an activating group) is 1. The third-order valence-electron chi connectivity index (χ3n) is 3.18. The summed E-state index contributed by atoms with van der Waals surface area (Å²) in [6.45, 7) is 4.52. The van der Waals surface area contributed by atoms with Crippen LogP contribution in [0, 0.1) is 6.92 Å². The third-order valence-corrected chi connectivity index (χ3v) is 3.18. The fraction of sp³-hybridized carbons (Fsp3) is 0.167. The second kappa shape index (κ2) is 7.22. The van der Waals surface area contributed by atoms with Gasteiger partial charge in [-0.3, -0.25) is 0 Å². The summed E-state index contributed by atoms with van der Waals surface area (Å²) in [6.07, 6.45) is -0.870. The van der Waals surface area contributed by atoms with Crippen LogP contribution in [0.1, 0.15) is 11.1 Å². The summed E-state index contributed by atoms with van der Waals surface area (Å²) in [6, 6.07) is 13.6. The Hall–Kier alpha value is -2.43. The number of ether oxygens (including phenoxy) is 1. The van der Waals surface area contributed by atoms with Gasteiger partial charge in [-0.25, -0.2) is 0 Å². The molecule has 2 aromatic rings. The molecule has 0 N–H and O–H groups in total. The Balaban J connectivity index is 1.91. The summed E-state index contributed by atoms with van der Waals surface area (Å²) in [5.41, 5.74) is 2.83. The largest absolute Gasteiger partial charge is 0.573 e. The standard InChI is InChI=1S/C18H17F3NO/c1-14-5-9-16(10-6-14)22(2)13-3-4-15-7-11-17(12-8-15)23-18(19,20)21/h3-12H,1,13H2,2H3/b4-3+. The van der Waals surface area contributed by atoms with E-state index in [1.54, 1.807) is 12.1 Å². The molecule has 0 aliphatic rings. The van der Waals surface area contributed by atoms with Gasteiger partial charge in [-0.15, -0.1) is 13.2 Å². The number of benzene rings is 2. The molecule has 0 saturated carbocycles. The molecule has 0 amide bonds. The minimum Gasteiger partial charge on any atom is -0.406 e. The van der Waals surface area contributed by atoms with E-state index in [4.69, 9.17) is 0 Å². The minimum absolute atomic E-state index is 0.222. The Morgan fingerprint density at radius 2 is 1.65 bits per heavy atom. The molecule has 0 heterocycles. The Morgan fingerprint density at radius 3 is 2.22 bits per heavy atom. The third kappa shape index (κ3) is 5.70. The molecule has 2 rings (SSSR count). The van der Waals surface area contributed by atoms with Crippen LogP contribution in [0.15, 0.2) is 54.6 Å². The fourth-order valence-corrected chi connectivity index (χ4v) is 1.98. The molecule has 2 aromatic carbocycles. The van der Waals surface area contributed by atoms with Crippen molar-refractivity contribution in [2.45, 2.75) is 6.36 Å². The summed E-state index contributed by atoms with van der Waals surface area (Å²) in [5.74, 6) is -0.222. The number of anilines is 1. The van der Waals surface area contributed by atoms with E-state index in [9.17, 15) is 13.2 Å². The molecule has 2 nitrogen and oxygen atoms in total. The maximum absolute atomic E-state index is 12.1. The van der Waals surface area contributed by atoms with Gasteiger partial charge in [0.05, 0.1) is 0 Å². The monoisotopic (exact) mass is 320 g/mol. The zero-order valence-electron chi connectivity index (χ0n) is 12.7. The van der Waals surface area contributed by atoms with E-state index in [2.05, 4.69) is 16.6 Å². The Morgan fingerprint density at radius 1 is 1.04 bits per heavy atom. The topological polar surface area (TPSA) is 12.5 Å². The maximum Gasteiger partial charge on any atom is 0.573 e. The molecule has 0 saturated heterocycles. The molecule has 0 aromatic heterocycles. The van der Waals surface area contributed by atoms with Gasteiger partial charge >= 0.3 is 6.36 Å². The van der Waals surface area contributed by atoms with E-state index in [1.165, 1.54) is 12.1 Å². The van der Waals surface area contributed by atoms with Crippen molar-refractivity contribution in [2.24, 2.45) is 0 Å². The molecular formula is C18H17F3NO. The van der Waals surface area contributed by atoms with E-state index in [0.29, 0.717) is 6.54 Å². The van der Waals surface area contributed by atoms with Crippen molar-refractivity contribution < 1.29 is 17.9 Å². The van der Waals surface area contributed by atoms with Crippen molar-refractivity contribution in [3.8, 4) is 5.75 Å². The van der Waals surface area contributed by atoms with Crippen molar-refractivity contribution in [3.05, 3.63) is 72.7 Å². The average Bonchev–Trinajstić information content (AvgIpc) is 2.48. The molecule has 0 aliphatic carbocycles. The number of alkyl halides is 3. The van der Waals surface area contributed by atoms with Gasteiger partial charge < -0.3 is 9.64 Å². The highest BCUT2D eigenvalue weighted by Crippen LogP contribution is 2.23. The lowest BCUT2D eigenvalue weighted by Crippen LogP contribution is -2.17. The number of hydrogen-bond donors (Lipinski definition) is 0. The Kier molecular flexibility index (Phi) is 5.32. The van der Waals surface area contributed by atoms with Crippen LogP contribution in [0.5, 0.6) is 5.75 Å². The van der Waals surface area contributed by atoms with Crippen LogP contribution in [0.3, 0.4) is 0 Å². The molecule has 23 heavy (non-hydrogen) atoms. The number of hydrogen-bond acceptors (Lipinski definition) is 2. The molecule has 121 valence electrons. The smallest absolute Gasteiger partial charge is 0.406 e. The first-order chi connectivity index (χ1) is 10.8. The lowest BCUT2D eigenvalue weighted by molar-refractivity contribution is -0.274. The van der Waals surface area contributed by atoms with E-state index in [1.807, 2.05) is 43.5 Å². The summed E-state index contributed by atoms with van der Waals surface area (Å²) < 4.78 is 40.1. The highest BCUT2D eigenvalue weighted by molar-refractivity contribution is 5.53. The molecule has 0 aliphatic heterocycles. The van der Waals surface area contributed by atoms with E-state index in [-0.39, 0.29) is 5.75 Å². The zero-order chi connectivity index (χ0) is 16.9. The zero-order valence-corrected chi connectivity index (χ0v) is 12.7. The van der Waals surface area contributed by atoms with Gasteiger partial charge in [-0.2, -0.15) is 0 Å². The van der Waals surface area contributed by atoms with Gasteiger partial charge in [0.15, 0.2) is 0 Å². The Labute approximate surface area is 133 Å². The lowest BCUT2D eigenvalue weighted by Gasteiger charge is -2.17. The van der Waals surface area contributed by atoms with Crippen LogP contribution < -0.4 is 9.64 Å². The van der Waals surface area contributed by atoms with E-state index in [0.717, 1.165) is 16.8 Å². The molecule has 5 heteroatoms. The number of nitrogens with zero attached hydrogens (tertiary/aromatic N) is 1. The van der Waals surface area contributed by atoms with Crippen LogP contribution in [-0.4, -0.2) is 20.0 Å². The first-order valence-electron chi connectivity index (χ1n) is 6.99. The van der Waals surface area contributed by atoms with Crippen LogP contribution in [0.4, 0.5) is 18.9 Å². The van der Waals surface area contributed by atoms with E-state index >= 15 is 0 Å². The van der Waals surface area contributed by atoms with Crippen molar-refractivity contribution in [3.63, 3.8) is 0 Å². The Bertz CT molecular complexity index is 645. The van der Waals surface area contributed by atoms with Crippen molar-refractivity contribution in [1.82, 2.24) is 0 Å². The van der Waals surface area contributed by atoms with Crippen molar-refractivity contribution in [1.29, 1.82) is 0 Å².